The predicted octanol–water partition coefficient (Wildman–Crippen LogP) is 3.32. The van der Waals surface area contributed by atoms with E-state index < -0.39 is 5.97 Å². The fourth-order valence-electron chi connectivity index (χ4n) is 1.79. The number of carbonyl (C=O) groups is 1. The number of methoxy groups -OCH3 is 1. The second-order valence-electron chi connectivity index (χ2n) is 4.24. The molecule has 0 saturated heterocycles. The lowest BCUT2D eigenvalue weighted by Crippen LogP contribution is -2.06. The van der Waals surface area contributed by atoms with E-state index in [-0.39, 0.29) is 0 Å². The van der Waals surface area contributed by atoms with E-state index in [9.17, 15) is 4.79 Å². The summed E-state index contributed by atoms with van der Waals surface area (Å²) in [6, 6.07) is 12.7. The van der Waals surface area contributed by atoms with Crippen molar-refractivity contribution in [1.82, 2.24) is 0 Å². The van der Waals surface area contributed by atoms with Gasteiger partial charge in [-0.3, -0.25) is 0 Å². The molecule has 5 heteroatoms. The van der Waals surface area contributed by atoms with Crippen LogP contribution >= 0.6 is 11.6 Å². The van der Waals surface area contributed by atoms with Crippen LogP contribution in [0.25, 0.3) is 0 Å². The Labute approximate surface area is 122 Å². The SMILES string of the molecule is COC(=O)c1cc(NCc2ccccc2N)ccc1Cl. The molecule has 0 aromatic heterocycles. The summed E-state index contributed by atoms with van der Waals surface area (Å²) in [6.07, 6.45) is 0. The van der Waals surface area contributed by atoms with Crippen molar-refractivity contribution in [3.63, 3.8) is 0 Å². The van der Waals surface area contributed by atoms with Crippen molar-refractivity contribution in [2.75, 3.05) is 18.2 Å². The maximum atomic E-state index is 11.6. The molecule has 0 aliphatic heterocycles. The highest BCUT2D eigenvalue weighted by Gasteiger charge is 2.11. The molecule has 3 N–H and O–H groups in total. The van der Waals surface area contributed by atoms with Crippen LogP contribution in [-0.4, -0.2) is 13.1 Å². The molecule has 0 unspecified atom stereocenters. The number of halogens is 1. The molecule has 20 heavy (non-hydrogen) atoms. The molecular weight excluding hydrogens is 276 g/mol. The second kappa shape index (κ2) is 6.30. The zero-order valence-corrected chi connectivity index (χ0v) is 11.8. The number of benzene rings is 2. The first-order valence-corrected chi connectivity index (χ1v) is 6.44. The molecule has 0 amide bonds. The van der Waals surface area contributed by atoms with Gasteiger partial charge in [-0.05, 0) is 29.8 Å². The van der Waals surface area contributed by atoms with Gasteiger partial charge in [0.2, 0.25) is 0 Å². The zero-order valence-electron chi connectivity index (χ0n) is 11.0. The van der Waals surface area contributed by atoms with Crippen LogP contribution in [0.4, 0.5) is 11.4 Å². The van der Waals surface area contributed by atoms with Crippen LogP contribution in [-0.2, 0) is 11.3 Å². The van der Waals surface area contributed by atoms with E-state index in [1.54, 1.807) is 18.2 Å². The Hall–Kier alpha value is -2.20. The predicted molar refractivity (Wildman–Crippen MR) is 81.0 cm³/mol. The summed E-state index contributed by atoms with van der Waals surface area (Å²) < 4.78 is 4.68. The Kier molecular flexibility index (Phi) is 4.48. The number of hydrogen-bond acceptors (Lipinski definition) is 4. The van der Waals surface area contributed by atoms with Crippen LogP contribution in [0.2, 0.25) is 5.02 Å². The molecule has 2 aromatic rings. The lowest BCUT2D eigenvalue weighted by molar-refractivity contribution is 0.0601. The number of rotatable bonds is 4. The maximum Gasteiger partial charge on any atom is 0.339 e. The lowest BCUT2D eigenvalue weighted by Gasteiger charge is -2.10. The van der Waals surface area contributed by atoms with Gasteiger partial charge in [0, 0.05) is 17.9 Å². The molecule has 0 spiro atoms. The highest BCUT2D eigenvalue weighted by molar-refractivity contribution is 6.33. The van der Waals surface area contributed by atoms with Crippen molar-refractivity contribution < 1.29 is 9.53 Å². The van der Waals surface area contributed by atoms with Crippen molar-refractivity contribution in [2.45, 2.75) is 6.54 Å². The third-order valence-corrected chi connectivity index (χ3v) is 3.24. The summed E-state index contributed by atoms with van der Waals surface area (Å²) in [5.74, 6) is -0.460. The Balaban J connectivity index is 2.14. The smallest absolute Gasteiger partial charge is 0.339 e. The number of hydrogen-bond donors (Lipinski definition) is 2. The van der Waals surface area contributed by atoms with E-state index in [0.29, 0.717) is 17.1 Å². The van der Waals surface area contributed by atoms with Gasteiger partial charge in [0.15, 0.2) is 0 Å². The van der Waals surface area contributed by atoms with Crippen molar-refractivity contribution in [3.8, 4) is 0 Å². The third-order valence-electron chi connectivity index (χ3n) is 2.91. The van der Waals surface area contributed by atoms with Crippen LogP contribution in [0.1, 0.15) is 15.9 Å². The molecule has 0 aliphatic rings. The number of nitrogen functional groups attached to an aromatic ring is 1. The van der Waals surface area contributed by atoms with Gasteiger partial charge in [0.05, 0.1) is 17.7 Å². The number of ether oxygens (including phenoxy) is 1. The van der Waals surface area contributed by atoms with Crippen molar-refractivity contribution >= 4 is 28.9 Å². The largest absolute Gasteiger partial charge is 0.465 e. The van der Waals surface area contributed by atoms with Crippen LogP contribution in [0.5, 0.6) is 0 Å². The van der Waals surface area contributed by atoms with Crippen molar-refractivity contribution in [1.29, 1.82) is 0 Å². The number of anilines is 2. The van der Waals surface area contributed by atoms with Gasteiger partial charge in [-0.1, -0.05) is 29.8 Å². The van der Waals surface area contributed by atoms with Gasteiger partial charge < -0.3 is 15.8 Å². The minimum Gasteiger partial charge on any atom is -0.465 e. The van der Waals surface area contributed by atoms with Crippen LogP contribution in [0, 0.1) is 0 Å². The summed E-state index contributed by atoms with van der Waals surface area (Å²) >= 11 is 5.96. The van der Waals surface area contributed by atoms with Gasteiger partial charge in [-0.2, -0.15) is 0 Å². The van der Waals surface area contributed by atoms with E-state index in [1.807, 2.05) is 24.3 Å². The number of nitrogens with two attached hydrogens (primary N) is 1. The minimum atomic E-state index is -0.460. The van der Waals surface area contributed by atoms with Gasteiger partial charge in [-0.25, -0.2) is 4.79 Å². The third kappa shape index (κ3) is 3.22. The molecule has 2 rings (SSSR count). The summed E-state index contributed by atoms with van der Waals surface area (Å²) in [7, 11) is 1.32. The second-order valence-corrected chi connectivity index (χ2v) is 4.65. The highest BCUT2D eigenvalue weighted by Crippen LogP contribution is 2.22. The quantitative estimate of drug-likeness (QED) is 0.670. The summed E-state index contributed by atoms with van der Waals surface area (Å²) in [4.78, 5) is 11.6. The number of para-hydroxylation sites is 1. The van der Waals surface area contributed by atoms with Gasteiger partial charge in [0.1, 0.15) is 0 Å². The molecule has 0 radical (unpaired) electrons. The zero-order chi connectivity index (χ0) is 14.5. The van der Waals surface area contributed by atoms with Crippen LogP contribution < -0.4 is 11.1 Å². The molecule has 4 nitrogen and oxygen atoms in total. The fourth-order valence-corrected chi connectivity index (χ4v) is 1.99. The normalized spacial score (nSPS) is 10.1. The van der Waals surface area contributed by atoms with Gasteiger partial charge in [-0.15, -0.1) is 0 Å². The van der Waals surface area contributed by atoms with Gasteiger partial charge in [0.25, 0.3) is 0 Å². The molecule has 0 fully saturated rings. The first-order chi connectivity index (χ1) is 9.61. The monoisotopic (exact) mass is 290 g/mol. The molecule has 2 aromatic carbocycles. The number of carbonyl (C=O) groups excluding carboxylic acids is 1. The average Bonchev–Trinajstić information content (AvgIpc) is 2.47. The molecule has 0 saturated carbocycles. The van der Waals surface area contributed by atoms with E-state index in [1.165, 1.54) is 7.11 Å². The Morgan fingerprint density at radius 2 is 2.05 bits per heavy atom. The van der Waals surface area contributed by atoms with E-state index in [4.69, 9.17) is 17.3 Å². The topological polar surface area (TPSA) is 64.3 Å². The molecular formula is C15H15ClN2O2. The Morgan fingerprint density at radius 1 is 1.30 bits per heavy atom. The number of nitrogens with one attached hydrogen (secondary N) is 1. The van der Waals surface area contributed by atoms with E-state index in [0.717, 1.165) is 16.9 Å². The minimum absolute atomic E-state index is 0.334. The highest BCUT2D eigenvalue weighted by atomic mass is 35.5. The first-order valence-electron chi connectivity index (χ1n) is 6.07. The molecule has 104 valence electrons. The number of esters is 1. The summed E-state index contributed by atoms with van der Waals surface area (Å²) in [5.41, 5.74) is 8.69. The Morgan fingerprint density at radius 3 is 2.75 bits per heavy atom. The van der Waals surface area contributed by atoms with E-state index in [2.05, 4.69) is 10.1 Å². The fraction of sp³-hybridized carbons (Fsp3) is 0.133. The first kappa shape index (κ1) is 14.2. The Bertz CT molecular complexity index is 629. The van der Waals surface area contributed by atoms with Crippen LogP contribution in [0.3, 0.4) is 0 Å². The summed E-state index contributed by atoms with van der Waals surface area (Å²) in [5, 5.41) is 3.56. The van der Waals surface area contributed by atoms with Crippen molar-refractivity contribution in [3.05, 3.63) is 58.6 Å². The maximum absolute atomic E-state index is 11.6. The standard InChI is InChI=1S/C15H15ClN2O2/c1-20-15(19)12-8-11(6-7-13(12)16)18-9-10-4-2-3-5-14(10)17/h2-8,18H,9,17H2,1H3. The molecule has 0 heterocycles. The van der Waals surface area contributed by atoms with E-state index >= 15 is 0 Å². The van der Waals surface area contributed by atoms with Gasteiger partial charge >= 0.3 is 5.97 Å². The molecule has 0 bridgehead atoms. The lowest BCUT2D eigenvalue weighted by atomic mass is 10.1. The molecule has 0 atom stereocenters. The van der Waals surface area contributed by atoms with Crippen molar-refractivity contribution in [2.24, 2.45) is 0 Å². The average molecular weight is 291 g/mol. The summed E-state index contributed by atoms with van der Waals surface area (Å²) in [6.45, 7) is 0.564. The molecule has 0 aliphatic carbocycles. The van der Waals surface area contributed by atoms with Crippen LogP contribution in [0.15, 0.2) is 42.5 Å².